The summed E-state index contributed by atoms with van der Waals surface area (Å²) >= 11 is 6.24. The third-order valence-electron chi connectivity index (χ3n) is 4.30. The zero-order valence-corrected chi connectivity index (χ0v) is 11.5. The first kappa shape index (κ1) is 11.3. The summed E-state index contributed by atoms with van der Waals surface area (Å²) in [5.41, 5.74) is 5.88. The van der Waals surface area contributed by atoms with Gasteiger partial charge in [-0.15, -0.1) is 11.6 Å². The molecule has 0 aromatic heterocycles. The van der Waals surface area contributed by atoms with Crippen LogP contribution in [0.25, 0.3) is 16.3 Å². The quantitative estimate of drug-likeness (QED) is 0.582. The molecular weight excluding hydrogens is 252 g/mol. The summed E-state index contributed by atoms with van der Waals surface area (Å²) in [7, 11) is 0. The van der Waals surface area contributed by atoms with E-state index in [2.05, 4.69) is 48.6 Å². The smallest absolute Gasteiger partial charge is 0.0556 e. The fraction of sp³-hybridized carbons (Fsp3) is 0.222. The van der Waals surface area contributed by atoms with E-state index in [1.54, 1.807) is 0 Å². The van der Waals surface area contributed by atoms with E-state index in [9.17, 15) is 0 Å². The van der Waals surface area contributed by atoms with Crippen molar-refractivity contribution < 1.29 is 0 Å². The molecule has 2 aromatic rings. The maximum atomic E-state index is 6.24. The lowest BCUT2D eigenvalue weighted by Crippen LogP contribution is -2.11. The molecule has 2 aliphatic carbocycles. The molecule has 0 aliphatic heterocycles. The second kappa shape index (κ2) is 4.25. The molecule has 0 saturated heterocycles. The van der Waals surface area contributed by atoms with Crippen LogP contribution in [0.3, 0.4) is 0 Å². The third kappa shape index (κ3) is 1.74. The number of hydrogen-bond donors (Lipinski definition) is 0. The summed E-state index contributed by atoms with van der Waals surface area (Å²) in [6, 6.07) is 13.2. The highest BCUT2D eigenvalue weighted by Gasteiger charge is 2.22. The SMILES string of the molecule is ClC1C=CC2=C(CCc3c2ccc2ccccc32)C1. The maximum absolute atomic E-state index is 6.24. The van der Waals surface area contributed by atoms with E-state index in [-0.39, 0.29) is 5.38 Å². The van der Waals surface area contributed by atoms with Crippen LogP contribution in [0.4, 0.5) is 0 Å². The van der Waals surface area contributed by atoms with E-state index in [1.807, 2.05) is 0 Å². The molecule has 0 heterocycles. The summed E-state index contributed by atoms with van der Waals surface area (Å²) in [5.74, 6) is 0. The highest BCUT2D eigenvalue weighted by Crippen LogP contribution is 2.40. The number of alkyl halides is 1. The number of halogens is 1. The Morgan fingerprint density at radius 1 is 1.00 bits per heavy atom. The number of rotatable bonds is 0. The maximum Gasteiger partial charge on any atom is 0.0556 e. The number of fused-ring (bicyclic) bond motifs is 4. The number of allylic oxidation sites excluding steroid dienone is 4. The first-order valence-electron chi connectivity index (χ1n) is 6.88. The topological polar surface area (TPSA) is 0 Å². The van der Waals surface area contributed by atoms with Crippen LogP contribution >= 0.6 is 11.6 Å². The third-order valence-corrected chi connectivity index (χ3v) is 4.60. The van der Waals surface area contributed by atoms with Crippen molar-refractivity contribution in [3.63, 3.8) is 0 Å². The Hall–Kier alpha value is -1.53. The lowest BCUT2D eigenvalue weighted by Gasteiger charge is -2.26. The highest BCUT2D eigenvalue weighted by atomic mass is 35.5. The average molecular weight is 267 g/mol. The van der Waals surface area contributed by atoms with Crippen LogP contribution in [0.2, 0.25) is 0 Å². The Labute approximate surface area is 118 Å². The number of aryl methyl sites for hydroxylation is 1. The predicted octanol–water partition coefficient (Wildman–Crippen LogP) is 5.11. The Morgan fingerprint density at radius 2 is 1.89 bits per heavy atom. The molecule has 0 fully saturated rings. The van der Waals surface area contributed by atoms with Crippen LogP contribution in [0, 0.1) is 0 Å². The van der Waals surface area contributed by atoms with Crippen LogP contribution in [0.5, 0.6) is 0 Å². The molecule has 2 aliphatic rings. The largest absolute Gasteiger partial charge is 0.118 e. The lowest BCUT2D eigenvalue weighted by atomic mass is 9.79. The molecule has 0 bridgehead atoms. The van der Waals surface area contributed by atoms with E-state index in [4.69, 9.17) is 11.6 Å². The molecule has 19 heavy (non-hydrogen) atoms. The molecule has 0 radical (unpaired) electrons. The molecule has 1 unspecified atom stereocenters. The van der Waals surface area contributed by atoms with Crippen LogP contribution in [0.15, 0.2) is 54.1 Å². The summed E-state index contributed by atoms with van der Waals surface area (Å²) in [5, 5.41) is 2.94. The van der Waals surface area contributed by atoms with Crippen LogP contribution in [0.1, 0.15) is 24.0 Å². The molecule has 0 N–H and O–H groups in total. The van der Waals surface area contributed by atoms with Crippen LogP contribution in [-0.4, -0.2) is 5.38 Å². The van der Waals surface area contributed by atoms with Gasteiger partial charge in [0, 0.05) is 0 Å². The molecule has 0 nitrogen and oxygen atoms in total. The fourth-order valence-electron chi connectivity index (χ4n) is 3.38. The van der Waals surface area contributed by atoms with Gasteiger partial charge in [0.1, 0.15) is 0 Å². The normalized spacial score (nSPS) is 21.4. The molecule has 0 amide bonds. The molecule has 2 aromatic carbocycles. The van der Waals surface area contributed by atoms with E-state index in [0.717, 1.165) is 19.3 Å². The first-order valence-corrected chi connectivity index (χ1v) is 7.32. The molecule has 0 saturated carbocycles. The molecule has 1 atom stereocenters. The van der Waals surface area contributed by atoms with Crippen molar-refractivity contribution in [2.45, 2.75) is 24.6 Å². The second-order valence-corrected chi connectivity index (χ2v) is 5.97. The highest BCUT2D eigenvalue weighted by molar-refractivity contribution is 6.22. The Balaban J connectivity index is 1.97. The van der Waals surface area contributed by atoms with Gasteiger partial charge in [-0.3, -0.25) is 0 Å². The van der Waals surface area contributed by atoms with Gasteiger partial charge in [0.2, 0.25) is 0 Å². The molecule has 1 heteroatoms. The van der Waals surface area contributed by atoms with Crippen molar-refractivity contribution in [1.82, 2.24) is 0 Å². The Kier molecular flexibility index (Phi) is 2.53. The zero-order valence-electron chi connectivity index (χ0n) is 10.7. The summed E-state index contributed by atoms with van der Waals surface area (Å²) in [6.45, 7) is 0. The fourth-order valence-corrected chi connectivity index (χ4v) is 3.64. The van der Waals surface area contributed by atoms with Crippen molar-refractivity contribution in [2.75, 3.05) is 0 Å². The van der Waals surface area contributed by atoms with Crippen molar-refractivity contribution in [1.29, 1.82) is 0 Å². The summed E-state index contributed by atoms with van der Waals surface area (Å²) in [4.78, 5) is 0. The van der Waals surface area contributed by atoms with Gasteiger partial charge in [0.05, 0.1) is 5.38 Å². The predicted molar refractivity (Wildman–Crippen MR) is 82.6 cm³/mol. The standard InChI is InChI=1S/C18H15Cl/c19-14-7-10-16-13(11-14)6-9-17-15-4-2-1-3-12(15)5-8-18(16)17/h1-5,7-8,10,14H,6,9,11H2. The van der Waals surface area contributed by atoms with Gasteiger partial charge in [0.15, 0.2) is 0 Å². The Bertz CT molecular complexity index is 722. The van der Waals surface area contributed by atoms with Crippen molar-refractivity contribution in [3.8, 4) is 0 Å². The van der Waals surface area contributed by atoms with E-state index in [1.165, 1.54) is 33.0 Å². The van der Waals surface area contributed by atoms with Crippen LogP contribution < -0.4 is 0 Å². The van der Waals surface area contributed by atoms with Gasteiger partial charge in [-0.25, -0.2) is 0 Å². The lowest BCUT2D eigenvalue weighted by molar-refractivity contribution is 0.835. The van der Waals surface area contributed by atoms with Crippen molar-refractivity contribution in [3.05, 3.63) is 65.3 Å². The van der Waals surface area contributed by atoms with E-state index >= 15 is 0 Å². The minimum Gasteiger partial charge on any atom is -0.118 e. The molecule has 0 spiro atoms. The van der Waals surface area contributed by atoms with Crippen LogP contribution in [-0.2, 0) is 6.42 Å². The van der Waals surface area contributed by atoms with Crippen molar-refractivity contribution >= 4 is 27.9 Å². The van der Waals surface area contributed by atoms with E-state index < -0.39 is 0 Å². The van der Waals surface area contributed by atoms with Gasteiger partial charge in [-0.05, 0) is 46.7 Å². The van der Waals surface area contributed by atoms with Gasteiger partial charge in [-0.1, -0.05) is 54.1 Å². The van der Waals surface area contributed by atoms with E-state index in [0.29, 0.717) is 0 Å². The van der Waals surface area contributed by atoms with Gasteiger partial charge in [0.25, 0.3) is 0 Å². The van der Waals surface area contributed by atoms with Gasteiger partial charge in [-0.2, -0.15) is 0 Å². The second-order valence-electron chi connectivity index (χ2n) is 5.41. The Morgan fingerprint density at radius 3 is 2.84 bits per heavy atom. The average Bonchev–Trinajstić information content (AvgIpc) is 2.46. The molecular formula is C18H15Cl. The number of hydrogen-bond acceptors (Lipinski definition) is 0. The summed E-state index contributed by atoms with van der Waals surface area (Å²) < 4.78 is 0. The summed E-state index contributed by atoms with van der Waals surface area (Å²) in [6.07, 6.45) is 7.67. The van der Waals surface area contributed by atoms with Gasteiger partial charge < -0.3 is 0 Å². The monoisotopic (exact) mass is 266 g/mol. The first-order chi connectivity index (χ1) is 9.33. The zero-order chi connectivity index (χ0) is 12.8. The van der Waals surface area contributed by atoms with Crippen molar-refractivity contribution in [2.24, 2.45) is 0 Å². The molecule has 94 valence electrons. The molecule has 4 rings (SSSR count). The van der Waals surface area contributed by atoms with Gasteiger partial charge >= 0.3 is 0 Å². The number of benzene rings is 2. The minimum atomic E-state index is 0.181. The minimum absolute atomic E-state index is 0.181.